The van der Waals surface area contributed by atoms with Crippen LogP contribution >= 0.6 is 0 Å². The molecule has 1 aliphatic heterocycles. The number of carbonyl (C=O) groups excluding carboxylic acids is 1. The Bertz CT molecular complexity index is 1360. The van der Waals surface area contributed by atoms with Crippen molar-refractivity contribution in [1.82, 2.24) is 4.98 Å². The number of esters is 1. The molecule has 0 N–H and O–H groups in total. The highest BCUT2D eigenvalue weighted by molar-refractivity contribution is 5.99. The molecule has 2 aromatic carbocycles. The van der Waals surface area contributed by atoms with Crippen LogP contribution in [0.3, 0.4) is 0 Å². The number of carbonyl (C=O) groups is 1. The molecule has 2 fully saturated rings. The van der Waals surface area contributed by atoms with E-state index in [2.05, 4.69) is 72.6 Å². The molecule has 2 aliphatic rings. The zero-order valence-corrected chi connectivity index (χ0v) is 23.9. The van der Waals surface area contributed by atoms with Gasteiger partial charge in [-0.25, -0.2) is 0 Å². The number of hydrogen-bond acceptors (Lipinski definition) is 6. The fourth-order valence-corrected chi connectivity index (χ4v) is 5.37. The van der Waals surface area contributed by atoms with Crippen molar-refractivity contribution in [3.05, 3.63) is 71.9 Å². The molecule has 0 radical (unpaired) electrons. The number of para-hydroxylation sites is 2. The Balaban J connectivity index is 1.50. The van der Waals surface area contributed by atoms with Gasteiger partial charge in [-0.05, 0) is 65.7 Å². The molecule has 6 nitrogen and oxygen atoms in total. The van der Waals surface area contributed by atoms with Crippen molar-refractivity contribution in [3.8, 4) is 0 Å². The molecule has 2 heterocycles. The molecule has 2 atom stereocenters. The SMILES string of the molecule is CN(c1ccccc1)c1c(/C=C/[C@@H]2C[C@H](CC(=O)OC(C)(C)C)OC(C)(C)O2)c(C2CC2)nc2ccccc12. The summed E-state index contributed by atoms with van der Waals surface area (Å²) in [7, 11) is 2.12. The maximum Gasteiger partial charge on any atom is 0.308 e. The molecule has 0 unspecified atom stereocenters. The number of hydrogen-bond donors (Lipinski definition) is 0. The first-order valence-electron chi connectivity index (χ1n) is 14.0. The maximum atomic E-state index is 12.6. The monoisotopic (exact) mass is 528 g/mol. The Kier molecular flexibility index (Phi) is 7.53. The lowest BCUT2D eigenvalue weighted by Gasteiger charge is -2.40. The van der Waals surface area contributed by atoms with Gasteiger partial charge in [0, 0.05) is 36.0 Å². The third kappa shape index (κ3) is 6.68. The molecule has 1 aromatic heterocycles. The topological polar surface area (TPSA) is 60.9 Å². The van der Waals surface area contributed by atoms with Gasteiger partial charge in [0.2, 0.25) is 0 Å². The quantitative estimate of drug-likeness (QED) is 0.295. The minimum absolute atomic E-state index is 0.196. The highest BCUT2D eigenvalue weighted by atomic mass is 16.7. The summed E-state index contributed by atoms with van der Waals surface area (Å²) in [6.45, 7) is 9.44. The van der Waals surface area contributed by atoms with Crippen LogP contribution in [0.1, 0.15) is 77.5 Å². The maximum absolute atomic E-state index is 12.6. The molecule has 1 saturated heterocycles. The van der Waals surface area contributed by atoms with E-state index in [1.54, 1.807) is 0 Å². The predicted molar refractivity (Wildman–Crippen MR) is 156 cm³/mol. The van der Waals surface area contributed by atoms with Crippen LogP contribution in [0.5, 0.6) is 0 Å². The minimum atomic E-state index is -0.815. The molecule has 0 amide bonds. The number of anilines is 2. The summed E-state index contributed by atoms with van der Waals surface area (Å²) in [4.78, 5) is 20.0. The summed E-state index contributed by atoms with van der Waals surface area (Å²) in [6.07, 6.45) is 6.87. The molecular weight excluding hydrogens is 488 g/mol. The lowest BCUT2D eigenvalue weighted by molar-refractivity contribution is -0.290. The summed E-state index contributed by atoms with van der Waals surface area (Å²) < 4.78 is 18.0. The fourth-order valence-electron chi connectivity index (χ4n) is 5.37. The van der Waals surface area contributed by atoms with Gasteiger partial charge in [-0.1, -0.05) is 48.6 Å². The summed E-state index contributed by atoms with van der Waals surface area (Å²) in [5.41, 5.74) is 5.00. The van der Waals surface area contributed by atoms with Crippen LogP contribution in [-0.2, 0) is 19.0 Å². The van der Waals surface area contributed by atoms with Crippen LogP contribution < -0.4 is 4.90 Å². The van der Waals surface area contributed by atoms with Gasteiger partial charge in [0.1, 0.15) is 5.60 Å². The number of rotatable bonds is 7. The molecule has 3 aromatic rings. The number of pyridine rings is 1. The van der Waals surface area contributed by atoms with Crippen LogP contribution in [-0.4, -0.2) is 41.6 Å². The van der Waals surface area contributed by atoms with Crippen molar-refractivity contribution >= 4 is 34.3 Å². The summed E-state index contributed by atoms with van der Waals surface area (Å²) >= 11 is 0. The molecule has 39 heavy (non-hydrogen) atoms. The predicted octanol–water partition coefficient (Wildman–Crippen LogP) is 7.54. The highest BCUT2D eigenvalue weighted by Gasteiger charge is 2.37. The van der Waals surface area contributed by atoms with E-state index in [1.165, 1.54) is 0 Å². The second-order valence-corrected chi connectivity index (χ2v) is 12.1. The third-order valence-corrected chi connectivity index (χ3v) is 7.05. The zero-order chi connectivity index (χ0) is 27.8. The van der Waals surface area contributed by atoms with Crippen molar-refractivity contribution in [2.45, 2.75) is 89.8 Å². The van der Waals surface area contributed by atoms with Crippen LogP contribution in [0.25, 0.3) is 17.0 Å². The van der Waals surface area contributed by atoms with E-state index < -0.39 is 11.4 Å². The van der Waals surface area contributed by atoms with E-state index in [1.807, 2.05) is 40.7 Å². The lowest BCUT2D eigenvalue weighted by Crippen LogP contribution is -2.45. The van der Waals surface area contributed by atoms with E-state index in [-0.39, 0.29) is 24.6 Å². The van der Waals surface area contributed by atoms with E-state index >= 15 is 0 Å². The molecule has 0 bridgehead atoms. The van der Waals surface area contributed by atoms with E-state index in [0.29, 0.717) is 12.3 Å². The van der Waals surface area contributed by atoms with Gasteiger partial charge in [-0.2, -0.15) is 0 Å². The van der Waals surface area contributed by atoms with Gasteiger partial charge in [0.05, 0.1) is 35.5 Å². The van der Waals surface area contributed by atoms with E-state index in [0.717, 1.165) is 46.4 Å². The Labute approximate surface area is 232 Å². The average Bonchev–Trinajstić information content (AvgIpc) is 3.70. The van der Waals surface area contributed by atoms with Gasteiger partial charge >= 0.3 is 5.97 Å². The van der Waals surface area contributed by atoms with Gasteiger partial charge in [0.25, 0.3) is 0 Å². The normalized spacial score (nSPS) is 21.3. The molecule has 5 rings (SSSR count). The first kappa shape index (κ1) is 27.4. The Hall–Kier alpha value is -3.22. The highest BCUT2D eigenvalue weighted by Crippen LogP contribution is 2.46. The second kappa shape index (κ2) is 10.7. The number of ether oxygens (including phenoxy) is 3. The standard InChI is InChI=1S/C33H40N2O4/c1-32(2,3)39-29(36)21-25-20-24(37-33(4,5)38-25)18-19-27-30(22-16-17-22)34-28-15-11-10-14-26(28)31(27)35(6)23-12-8-7-9-13-23/h7-15,18-19,22,24-25H,16-17,20-21H2,1-6H3/b19-18+/t24-,25-/m1/s1. The molecule has 0 spiro atoms. The van der Waals surface area contributed by atoms with E-state index in [9.17, 15) is 4.79 Å². The van der Waals surface area contributed by atoms with Gasteiger partial charge in [-0.3, -0.25) is 9.78 Å². The summed E-state index contributed by atoms with van der Waals surface area (Å²) in [6, 6.07) is 18.8. The second-order valence-electron chi connectivity index (χ2n) is 12.1. The molecule has 1 saturated carbocycles. The molecular formula is C33H40N2O4. The number of benzene rings is 2. The van der Waals surface area contributed by atoms with Crippen LogP contribution in [0, 0.1) is 0 Å². The van der Waals surface area contributed by atoms with Gasteiger partial charge in [-0.15, -0.1) is 0 Å². The van der Waals surface area contributed by atoms with Crippen molar-refractivity contribution < 1.29 is 19.0 Å². The van der Waals surface area contributed by atoms with E-state index in [4.69, 9.17) is 19.2 Å². The third-order valence-electron chi connectivity index (χ3n) is 7.05. The Morgan fingerprint density at radius 1 is 1.08 bits per heavy atom. The van der Waals surface area contributed by atoms with Crippen LogP contribution in [0.4, 0.5) is 11.4 Å². The average molecular weight is 529 g/mol. The number of aromatic nitrogens is 1. The van der Waals surface area contributed by atoms with Gasteiger partial charge in [0.15, 0.2) is 5.79 Å². The smallest absolute Gasteiger partial charge is 0.308 e. The van der Waals surface area contributed by atoms with Crippen molar-refractivity contribution in [2.75, 3.05) is 11.9 Å². The molecule has 206 valence electrons. The van der Waals surface area contributed by atoms with Gasteiger partial charge < -0.3 is 19.1 Å². The summed E-state index contributed by atoms with van der Waals surface area (Å²) in [5.74, 6) is -0.608. The number of fused-ring (bicyclic) bond motifs is 1. The molecule has 1 aliphatic carbocycles. The number of nitrogens with zero attached hydrogens (tertiary/aromatic N) is 2. The van der Waals surface area contributed by atoms with Crippen LogP contribution in [0.15, 0.2) is 60.7 Å². The lowest BCUT2D eigenvalue weighted by atomic mass is 9.99. The zero-order valence-electron chi connectivity index (χ0n) is 23.9. The van der Waals surface area contributed by atoms with Crippen LogP contribution in [0.2, 0.25) is 0 Å². The largest absolute Gasteiger partial charge is 0.460 e. The van der Waals surface area contributed by atoms with Crippen molar-refractivity contribution in [2.24, 2.45) is 0 Å². The Morgan fingerprint density at radius 3 is 2.46 bits per heavy atom. The van der Waals surface area contributed by atoms with Crippen molar-refractivity contribution in [1.29, 1.82) is 0 Å². The molecule has 6 heteroatoms. The Morgan fingerprint density at radius 2 is 1.77 bits per heavy atom. The minimum Gasteiger partial charge on any atom is -0.460 e. The fraction of sp³-hybridized carbons (Fsp3) is 0.455. The first-order chi connectivity index (χ1) is 18.5. The first-order valence-corrected chi connectivity index (χ1v) is 14.0. The summed E-state index contributed by atoms with van der Waals surface area (Å²) in [5, 5.41) is 1.11. The van der Waals surface area contributed by atoms with Crippen molar-refractivity contribution in [3.63, 3.8) is 0 Å².